The van der Waals surface area contributed by atoms with Crippen molar-refractivity contribution < 1.29 is 9.53 Å². The van der Waals surface area contributed by atoms with E-state index in [-0.39, 0.29) is 18.1 Å². The molecule has 6 heteroatoms. The molecule has 25 heavy (non-hydrogen) atoms. The molecule has 0 unspecified atom stereocenters. The van der Waals surface area contributed by atoms with Gasteiger partial charge in [-0.2, -0.15) is 5.10 Å². The van der Waals surface area contributed by atoms with E-state index in [1.54, 1.807) is 22.8 Å². The number of aromatic nitrogens is 3. The van der Waals surface area contributed by atoms with Crippen LogP contribution in [0.4, 0.5) is 0 Å². The smallest absolute Gasteiger partial charge is 0.251 e. The Morgan fingerprint density at radius 3 is 2.72 bits per heavy atom. The maximum atomic E-state index is 12.5. The Morgan fingerprint density at radius 2 is 1.92 bits per heavy atom. The van der Waals surface area contributed by atoms with Crippen LogP contribution in [0.1, 0.15) is 36.0 Å². The molecule has 6 nitrogen and oxygen atoms in total. The van der Waals surface area contributed by atoms with E-state index >= 15 is 0 Å². The Balaban J connectivity index is 1.31. The van der Waals surface area contributed by atoms with Crippen LogP contribution in [-0.2, 0) is 0 Å². The topological polar surface area (TPSA) is 68.5 Å². The fourth-order valence-corrected chi connectivity index (χ4v) is 3.24. The van der Waals surface area contributed by atoms with Gasteiger partial charge in [0, 0.05) is 17.8 Å². The van der Waals surface area contributed by atoms with Gasteiger partial charge < -0.3 is 10.1 Å². The van der Waals surface area contributed by atoms with Gasteiger partial charge in [0.15, 0.2) is 5.65 Å². The lowest BCUT2D eigenvalue weighted by Crippen LogP contribution is -2.39. The maximum Gasteiger partial charge on any atom is 0.251 e. The largest absolute Gasteiger partial charge is 0.490 e. The van der Waals surface area contributed by atoms with Crippen LogP contribution in [-0.4, -0.2) is 32.7 Å². The third-order valence-electron chi connectivity index (χ3n) is 4.60. The third kappa shape index (κ3) is 3.63. The fraction of sp³-hybridized carbons (Fsp3) is 0.316. The maximum absolute atomic E-state index is 12.5. The number of fused-ring (bicyclic) bond motifs is 1. The second-order valence-electron chi connectivity index (χ2n) is 6.36. The lowest BCUT2D eigenvalue weighted by molar-refractivity contribution is 0.0894. The fourth-order valence-electron chi connectivity index (χ4n) is 3.24. The summed E-state index contributed by atoms with van der Waals surface area (Å²) < 4.78 is 7.64. The van der Waals surface area contributed by atoms with Gasteiger partial charge in [0.1, 0.15) is 12.1 Å². The molecule has 0 saturated heterocycles. The molecule has 2 heterocycles. The summed E-state index contributed by atoms with van der Waals surface area (Å²) in [4.78, 5) is 16.6. The van der Waals surface area contributed by atoms with Crippen LogP contribution in [0.15, 0.2) is 55.0 Å². The predicted octanol–water partition coefficient (Wildman–Crippen LogP) is 2.85. The molecule has 0 spiro atoms. The summed E-state index contributed by atoms with van der Waals surface area (Å²) >= 11 is 0. The molecule has 1 fully saturated rings. The van der Waals surface area contributed by atoms with Crippen molar-refractivity contribution in [2.45, 2.75) is 37.8 Å². The molecule has 1 amide bonds. The Morgan fingerprint density at radius 1 is 1.12 bits per heavy atom. The Hall–Kier alpha value is -2.89. The number of benzene rings is 1. The van der Waals surface area contributed by atoms with Crippen LogP contribution in [0.3, 0.4) is 0 Å². The number of rotatable bonds is 4. The van der Waals surface area contributed by atoms with Gasteiger partial charge in [-0.05, 0) is 49.9 Å². The normalized spacial score (nSPS) is 20.3. The molecule has 128 valence electrons. The van der Waals surface area contributed by atoms with Gasteiger partial charge in [-0.3, -0.25) is 4.79 Å². The van der Waals surface area contributed by atoms with Gasteiger partial charge in [0.2, 0.25) is 0 Å². The summed E-state index contributed by atoms with van der Waals surface area (Å²) in [6, 6.07) is 13.6. The molecule has 1 aliphatic carbocycles. The molecular weight excluding hydrogens is 316 g/mol. The number of carbonyl (C=O) groups is 1. The van der Waals surface area contributed by atoms with Crippen LogP contribution in [0, 0.1) is 0 Å². The van der Waals surface area contributed by atoms with Gasteiger partial charge in [-0.25, -0.2) is 9.50 Å². The van der Waals surface area contributed by atoms with Gasteiger partial charge >= 0.3 is 0 Å². The molecule has 2 aromatic heterocycles. The van der Waals surface area contributed by atoms with E-state index in [1.807, 2.05) is 30.3 Å². The van der Waals surface area contributed by atoms with Crippen LogP contribution in [0.5, 0.6) is 5.75 Å². The first-order valence-electron chi connectivity index (χ1n) is 8.60. The number of nitrogens with zero attached hydrogens (tertiary/aromatic N) is 3. The third-order valence-corrected chi connectivity index (χ3v) is 4.60. The van der Waals surface area contributed by atoms with Crippen LogP contribution >= 0.6 is 0 Å². The first-order chi connectivity index (χ1) is 12.3. The predicted molar refractivity (Wildman–Crippen MR) is 93.6 cm³/mol. The van der Waals surface area contributed by atoms with Crippen molar-refractivity contribution in [2.75, 3.05) is 0 Å². The van der Waals surface area contributed by atoms with Gasteiger partial charge in [0.05, 0.1) is 6.10 Å². The monoisotopic (exact) mass is 336 g/mol. The number of amides is 1. The van der Waals surface area contributed by atoms with Crippen molar-refractivity contribution in [1.29, 1.82) is 0 Å². The van der Waals surface area contributed by atoms with Crippen molar-refractivity contribution in [3.05, 3.63) is 60.6 Å². The summed E-state index contributed by atoms with van der Waals surface area (Å²) in [5, 5.41) is 7.16. The number of para-hydroxylation sites is 1. The van der Waals surface area contributed by atoms with E-state index in [1.165, 1.54) is 6.33 Å². The van der Waals surface area contributed by atoms with Gasteiger partial charge in [-0.15, -0.1) is 0 Å². The highest BCUT2D eigenvalue weighted by Crippen LogP contribution is 2.24. The summed E-state index contributed by atoms with van der Waals surface area (Å²) in [5.41, 5.74) is 1.29. The van der Waals surface area contributed by atoms with Crippen molar-refractivity contribution >= 4 is 11.6 Å². The highest BCUT2D eigenvalue weighted by atomic mass is 16.5. The van der Waals surface area contributed by atoms with E-state index < -0.39 is 0 Å². The number of carbonyl (C=O) groups excluding carboxylic acids is 1. The van der Waals surface area contributed by atoms with E-state index in [4.69, 9.17) is 4.74 Å². The Bertz CT molecular complexity index is 854. The van der Waals surface area contributed by atoms with Crippen LogP contribution in [0.2, 0.25) is 0 Å². The molecule has 1 saturated carbocycles. The minimum absolute atomic E-state index is 0.0575. The lowest BCUT2D eigenvalue weighted by Gasteiger charge is -2.29. The second kappa shape index (κ2) is 6.93. The van der Waals surface area contributed by atoms with E-state index in [2.05, 4.69) is 15.4 Å². The number of hydrogen-bond donors (Lipinski definition) is 1. The molecular formula is C19H20N4O2. The summed E-state index contributed by atoms with van der Waals surface area (Å²) in [6.45, 7) is 0. The molecule has 0 atom stereocenters. The zero-order chi connectivity index (χ0) is 17.1. The quantitative estimate of drug-likeness (QED) is 0.795. The zero-order valence-corrected chi connectivity index (χ0v) is 13.8. The van der Waals surface area contributed by atoms with Crippen LogP contribution < -0.4 is 10.1 Å². The second-order valence-corrected chi connectivity index (χ2v) is 6.36. The van der Waals surface area contributed by atoms with E-state index in [9.17, 15) is 4.79 Å². The average Bonchev–Trinajstić information content (AvgIpc) is 3.12. The number of nitrogens with one attached hydrogen (secondary N) is 1. The lowest BCUT2D eigenvalue weighted by atomic mass is 9.92. The minimum Gasteiger partial charge on any atom is -0.490 e. The van der Waals surface area contributed by atoms with E-state index in [0.717, 1.165) is 31.4 Å². The summed E-state index contributed by atoms with van der Waals surface area (Å²) in [5.74, 6) is 0.856. The molecule has 0 bridgehead atoms. The van der Waals surface area contributed by atoms with Gasteiger partial charge in [0.25, 0.3) is 5.91 Å². The molecule has 0 aliphatic heterocycles. The molecule has 1 N–H and O–H groups in total. The summed E-state index contributed by atoms with van der Waals surface area (Å²) in [6.07, 6.45) is 7.20. The Kier molecular flexibility index (Phi) is 4.33. The van der Waals surface area contributed by atoms with Gasteiger partial charge in [-0.1, -0.05) is 18.2 Å². The number of ether oxygens (including phenoxy) is 1. The first kappa shape index (κ1) is 15.6. The Labute approximate surface area is 145 Å². The molecule has 0 radical (unpaired) electrons. The van der Waals surface area contributed by atoms with E-state index in [0.29, 0.717) is 11.2 Å². The highest BCUT2D eigenvalue weighted by molar-refractivity contribution is 5.95. The SMILES string of the molecule is O=C(NC1CCC(Oc2ccccc2)CC1)c1ccn2ncnc2c1. The first-order valence-corrected chi connectivity index (χ1v) is 8.60. The van der Waals surface area contributed by atoms with Crippen molar-refractivity contribution in [3.63, 3.8) is 0 Å². The van der Waals surface area contributed by atoms with Crippen molar-refractivity contribution in [1.82, 2.24) is 19.9 Å². The molecule has 4 rings (SSSR count). The average molecular weight is 336 g/mol. The number of pyridine rings is 1. The molecule has 3 aromatic rings. The van der Waals surface area contributed by atoms with Crippen molar-refractivity contribution in [3.8, 4) is 5.75 Å². The standard InChI is InChI=1S/C19H20N4O2/c24-19(14-10-11-23-18(12-14)20-13-21-23)22-15-6-8-17(9-7-15)25-16-4-2-1-3-5-16/h1-5,10-13,15,17H,6-9H2,(H,22,24). The summed E-state index contributed by atoms with van der Waals surface area (Å²) in [7, 11) is 0. The zero-order valence-electron chi connectivity index (χ0n) is 13.8. The van der Waals surface area contributed by atoms with Crippen LogP contribution in [0.25, 0.3) is 5.65 Å². The molecule has 1 aliphatic rings. The molecule has 1 aromatic carbocycles. The van der Waals surface area contributed by atoms with Crippen molar-refractivity contribution in [2.24, 2.45) is 0 Å². The minimum atomic E-state index is -0.0575. The number of hydrogen-bond acceptors (Lipinski definition) is 4. The highest BCUT2D eigenvalue weighted by Gasteiger charge is 2.24.